The van der Waals surface area contributed by atoms with E-state index in [0.717, 1.165) is 22.2 Å². The van der Waals surface area contributed by atoms with Gasteiger partial charge in [0.1, 0.15) is 18.2 Å². The third-order valence-corrected chi connectivity index (χ3v) is 4.57. The van der Waals surface area contributed by atoms with Gasteiger partial charge in [0.2, 0.25) is 5.91 Å². The van der Waals surface area contributed by atoms with E-state index in [1.807, 2.05) is 24.3 Å². The number of H-pyrrole nitrogens is 1. The highest BCUT2D eigenvalue weighted by Gasteiger charge is 2.38. The molecule has 1 aliphatic rings. The van der Waals surface area contributed by atoms with E-state index in [1.165, 1.54) is 12.0 Å². The van der Waals surface area contributed by atoms with Gasteiger partial charge in [-0.05, 0) is 32.4 Å². The molecule has 8 nitrogen and oxygen atoms in total. The summed E-state index contributed by atoms with van der Waals surface area (Å²) < 4.78 is 10.1. The molecule has 3 rings (SSSR count). The number of esters is 1. The Balaban J connectivity index is 1.91. The lowest BCUT2D eigenvalue weighted by Gasteiger charge is -2.35. The van der Waals surface area contributed by atoms with E-state index in [9.17, 15) is 14.4 Å². The first kappa shape index (κ1) is 19.7. The van der Waals surface area contributed by atoms with Crippen molar-refractivity contribution in [3.8, 4) is 0 Å². The fraction of sp³-hybridized carbons (Fsp3) is 0.450. The van der Waals surface area contributed by atoms with Crippen molar-refractivity contribution in [1.82, 2.24) is 15.2 Å². The lowest BCUT2D eigenvalue weighted by Crippen LogP contribution is -2.54. The van der Waals surface area contributed by atoms with Gasteiger partial charge in [-0.3, -0.25) is 14.5 Å². The molecule has 0 unspecified atom stereocenters. The van der Waals surface area contributed by atoms with Crippen molar-refractivity contribution < 1.29 is 23.9 Å². The number of aromatic amines is 1. The van der Waals surface area contributed by atoms with Crippen LogP contribution in [0.5, 0.6) is 0 Å². The number of benzene rings is 1. The zero-order chi connectivity index (χ0) is 20.5. The maximum absolute atomic E-state index is 12.8. The molecule has 2 amide bonds. The molecule has 1 aromatic heterocycles. The molecule has 1 aromatic carbocycles. The fourth-order valence-corrected chi connectivity index (χ4v) is 3.30. The van der Waals surface area contributed by atoms with Crippen molar-refractivity contribution in [1.29, 1.82) is 0 Å². The highest BCUT2D eigenvalue weighted by atomic mass is 16.6. The summed E-state index contributed by atoms with van der Waals surface area (Å²) in [6.45, 7) is 5.28. The van der Waals surface area contributed by atoms with Gasteiger partial charge in [-0.15, -0.1) is 0 Å². The zero-order valence-electron chi connectivity index (χ0n) is 16.5. The Labute approximate surface area is 163 Å². The molecule has 1 aliphatic heterocycles. The number of aromatic nitrogens is 1. The number of rotatable bonds is 3. The van der Waals surface area contributed by atoms with Crippen LogP contribution in [0.3, 0.4) is 0 Å². The number of carbonyl (C=O) groups is 3. The molecule has 2 N–H and O–H groups in total. The number of ether oxygens (including phenoxy) is 2. The van der Waals surface area contributed by atoms with E-state index in [-0.39, 0.29) is 13.1 Å². The van der Waals surface area contributed by atoms with Crippen LogP contribution in [0.1, 0.15) is 32.0 Å². The van der Waals surface area contributed by atoms with E-state index >= 15 is 0 Å². The van der Waals surface area contributed by atoms with Gasteiger partial charge >= 0.3 is 12.1 Å². The van der Waals surface area contributed by atoms with Crippen molar-refractivity contribution in [2.75, 3.05) is 13.7 Å². The second kappa shape index (κ2) is 7.53. The number of methoxy groups -OCH3 is 1. The Hall–Kier alpha value is -3.03. The predicted octanol–water partition coefficient (Wildman–Crippen LogP) is 2.12. The third kappa shape index (κ3) is 4.11. The number of hydrogen-bond donors (Lipinski definition) is 2. The van der Waals surface area contributed by atoms with E-state index in [0.29, 0.717) is 6.42 Å². The number of para-hydroxylation sites is 1. The smallest absolute Gasteiger partial charge is 0.411 e. The standard InChI is InChI=1S/C20H25N3O5/c1-20(2,3)28-19(26)23-11-15-13(12-7-5-6-8-14(12)22-15)9-16(23)18(25)21-10-17(24)27-4/h5-8,16,22H,9-11H2,1-4H3,(H,21,25)/t16-/m1/s1. The minimum Gasteiger partial charge on any atom is -0.468 e. The quantitative estimate of drug-likeness (QED) is 0.786. The van der Waals surface area contributed by atoms with Gasteiger partial charge in [0.15, 0.2) is 0 Å². The highest BCUT2D eigenvalue weighted by molar-refractivity contribution is 5.91. The van der Waals surface area contributed by atoms with Gasteiger partial charge in [-0.1, -0.05) is 18.2 Å². The number of nitrogens with zero attached hydrogens (tertiary/aromatic N) is 1. The van der Waals surface area contributed by atoms with E-state index in [1.54, 1.807) is 20.8 Å². The molecule has 2 heterocycles. The first-order valence-corrected chi connectivity index (χ1v) is 9.12. The molecule has 1 atom stereocenters. The number of carbonyl (C=O) groups excluding carboxylic acids is 3. The Morgan fingerprint density at radius 1 is 1.25 bits per heavy atom. The number of hydrogen-bond acceptors (Lipinski definition) is 5. The van der Waals surface area contributed by atoms with Crippen molar-refractivity contribution >= 4 is 28.9 Å². The van der Waals surface area contributed by atoms with Crippen LogP contribution in [0.25, 0.3) is 10.9 Å². The average Bonchev–Trinajstić information content (AvgIpc) is 3.01. The molecular formula is C20H25N3O5. The van der Waals surface area contributed by atoms with Crippen molar-refractivity contribution in [2.24, 2.45) is 0 Å². The van der Waals surface area contributed by atoms with E-state index < -0.39 is 29.6 Å². The molecule has 0 spiro atoms. The summed E-state index contributed by atoms with van der Waals surface area (Å²) in [7, 11) is 1.25. The number of nitrogens with one attached hydrogen (secondary N) is 2. The van der Waals surface area contributed by atoms with Crippen molar-refractivity contribution in [2.45, 2.75) is 45.4 Å². The molecule has 150 valence electrons. The topological polar surface area (TPSA) is 101 Å². The SMILES string of the molecule is COC(=O)CNC(=O)[C@H]1Cc2c([nH]c3ccccc23)CN1C(=O)OC(C)(C)C. The molecule has 0 fully saturated rings. The Bertz CT molecular complexity index is 912. The van der Waals surface area contributed by atoms with Crippen LogP contribution < -0.4 is 5.32 Å². The van der Waals surface area contributed by atoms with Crippen LogP contribution >= 0.6 is 0 Å². The average molecular weight is 387 g/mol. The summed E-state index contributed by atoms with van der Waals surface area (Å²) in [6.07, 6.45) is -0.249. The molecule has 0 saturated heterocycles. The minimum absolute atomic E-state index is 0.217. The van der Waals surface area contributed by atoms with Crippen LogP contribution in [-0.2, 0) is 32.0 Å². The van der Waals surface area contributed by atoms with Gasteiger partial charge in [0.25, 0.3) is 0 Å². The lowest BCUT2D eigenvalue weighted by molar-refractivity contribution is -0.141. The first-order valence-electron chi connectivity index (χ1n) is 9.12. The second-order valence-electron chi connectivity index (χ2n) is 7.75. The predicted molar refractivity (Wildman–Crippen MR) is 103 cm³/mol. The molecule has 8 heteroatoms. The Morgan fingerprint density at radius 3 is 2.64 bits per heavy atom. The van der Waals surface area contributed by atoms with E-state index in [4.69, 9.17) is 4.74 Å². The molecule has 2 aromatic rings. The Kier molecular flexibility index (Phi) is 5.31. The van der Waals surface area contributed by atoms with Crippen molar-refractivity contribution in [3.05, 3.63) is 35.5 Å². The van der Waals surface area contributed by atoms with Gasteiger partial charge in [-0.25, -0.2) is 4.79 Å². The summed E-state index contributed by atoms with van der Waals surface area (Å²) in [5, 5.41) is 3.57. The monoisotopic (exact) mass is 387 g/mol. The molecule has 0 radical (unpaired) electrons. The maximum Gasteiger partial charge on any atom is 0.411 e. The van der Waals surface area contributed by atoms with Gasteiger partial charge in [-0.2, -0.15) is 0 Å². The summed E-state index contributed by atoms with van der Waals surface area (Å²) in [4.78, 5) is 41.7. The largest absolute Gasteiger partial charge is 0.468 e. The second-order valence-corrected chi connectivity index (χ2v) is 7.75. The Morgan fingerprint density at radius 2 is 1.96 bits per heavy atom. The summed E-state index contributed by atoms with van der Waals surface area (Å²) in [5.74, 6) is -0.979. The first-order chi connectivity index (χ1) is 13.2. The highest BCUT2D eigenvalue weighted by Crippen LogP contribution is 2.31. The fourth-order valence-electron chi connectivity index (χ4n) is 3.30. The van der Waals surface area contributed by atoms with E-state index in [2.05, 4.69) is 15.0 Å². The van der Waals surface area contributed by atoms with Crippen LogP contribution in [0, 0.1) is 0 Å². The summed E-state index contributed by atoms with van der Waals surface area (Å²) in [6, 6.07) is 7.01. The van der Waals surface area contributed by atoms with Crippen LogP contribution in [-0.4, -0.2) is 53.2 Å². The van der Waals surface area contributed by atoms with Crippen LogP contribution in [0.4, 0.5) is 4.79 Å². The third-order valence-electron chi connectivity index (χ3n) is 4.57. The minimum atomic E-state index is -0.786. The number of amides is 2. The number of fused-ring (bicyclic) bond motifs is 3. The van der Waals surface area contributed by atoms with Gasteiger partial charge in [0.05, 0.1) is 13.7 Å². The molecule has 0 saturated carbocycles. The molecule has 28 heavy (non-hydrogen) atoms. The van der Waals surface area contributed by atoms with Crippen LogP contribution in [0.2, 0.25) is 0 Å². The van der Waals surface area contributed by atoms with Gasteiger partial charge < -0.3 is 19.8 Å². The molecular weight excluding hydrogens is 362 g/mol. The normalized spacial score (nSPS) is 16.4. The zero-order valence-corrected chi connectivity index (χ0v) is 16.5. The maximum atomic E-state index is 12.8. The van der Waals surface area contributed by atoms with Crippen molar-refractivity contribution in [3.63, 3.8) is 0 Å². The van der Waals surface area contributed by atoms with Gasteiger partial charge in [0, 0.05) is 23.0 Å². The molecule has 0 aliphatic carbocycles. The van der Waals surface area contributed by atoms with Crippen LogP contribution in [0.15, 0.2) is 24.3 Å². The summed E-state index contributed by atoms with van der Waals surface area (Å²) >= 11 is 0. The molecule has 0 bridgehead atoms. The summed E-state index contributed by atoms with van der Waals surface area (Å²) in [5.41, 5.74) is 2.13. The lowest BCUT2D eigenvalue weighted by atomic mass is 9.96.